The molecule has 2 aliphatic heterocycles. The molecular weight excluding hydrogens is 785 g/mol. The lowest BCUT2D eigenvalue weighted by atomic mass is 9.83. The number of carbonyl (C=O) groups is 2. The van der Waals surface area contributed by atoms with Gasteiger partial charge in [0, 0.05) is 39.4 Å². The maximum atomic E-state index is 12.7. The van der Waals surface area contributed by atoms with Gasteiger partial charge in [-0.05, 0) is 67.6 Å². The fraction of sp³-hybridized carbons (Fsp3) is 0.282. The Labute approximate surface area is 328 Å². The second kappa shape index (κ2) is 15.5. The van der Waals surface area contributed by atoms with Gasteiger partial charge in [-0.15, -0.1) is 0 Å². The number of carboxylic acid groups (broad SMARTS) is 1. The van der Waals surface area contributed by atoms with Crippen LogP contribution in [0.4, 0.5) is 0 Å². The summed E-state index contributed by atoms with van der Waals surface area (Å²) in [4.78, 5) is 23.7. The number of rotatable bonds is 6. The van der Waals surface area contributed by atoms with Crippen LogP contribution in [0.1, 0.15) is 53.8 Å². The minimum Gasteiger partial charge on any atom is -0.478 e. The number of aromatic nitrogens is 4. The largest absolute Gasteiger partial charge is 0.478 e. The van der Waals surface area contributed by atoms with Crippen molar-refractivity contribution in [1.82, 2.24) is 20.4 Å². The van der Waals surface area contributed by atoms with Gasteiger partial charge in [-0.2, -0.15) is 10.2 Å². The number of nitrogens with two attached hydrogens (primary N) is 1. The Balaban J connectivity index is 0.000000159. The van der Waals surface area contributed by atoms with Crippen molar-refractivity contribution < 1.29 is 31.5 Å². The molecule has 2 fully saturated rings. The number of benzene rings is 4. The van der Waals surface area contributed by atoms with Crippen LogP contribution in [0.25, 0.3) is 44.3 Å². The van der Waals surface area contributed by atoms with E-state index in [1.807, 2.05) is 55.5 Å². The summed E-state index contributed by atoms with van der Waals surface area (Å²) in [6, 6.07) is 25.1. The van der Waals surface area contributed by atoms with Crippen molar-refractivity contribution >= 4 is 76.4 Å². The number of hydrogen-bond acceptors (Lipinski definition) is 9. The molecule has 6 aromatic rings. The van der Waals surface area contributed by atoms with Gasteiger partial charge in [0.2, 0.25) is 0 Å². The van der Waals surface area contributed by atoms with Gasteiger partial charge in [0.1, 0.15) is 11.4 Å². The van der Waals surface area contributed by atoms with Gasteiger partial charge in [0.25, 0.3) is 0 Å². The number of H-pyrrole nitrogens is 2. The topological polar surface area (TPSA) is 206 Å². The Morgan fingerprint density at radius 1 is 0.727 bits per heavy atom. The standard InChI is InChI=1S/C20H19ClN2O3S.C14H9ClN2O2.C5H11NO2S/c1-20(8-9-27(25,26)12-20)11-18(24)13-6-7-15-17(10-13)22-23-19(15)14-4-2-3-5-16(14)21;15-11-4-2-1-3-9(11)13-10-6-5-8(14(18)19)7-12(10)16-17-13;1-5(6)2-3-9(7,8)4-5/h2-7,10H,8-9,11-12H2,1H3,(H,22,23);1-7H,(H,16,17)(H,18,19);2-4,6H2,1H3. The number of fused-ring (bicyclic) bond motifs is 2. The van der Waals surface area contributed by atoms with E-state index in [9.17, 15) is 26.4 Å². The molecule has 2 aliphatic rings. The smallest absolute Gasteiger partial charge is 0.335 e. The van der Waals surface area contributed by atoms with E-state index < -0.39 is 36.6 Å². The molecule has 8 rings (SSSR count). The van der Waals surface area contributed by atoms with Crippen molar-refractivity contribution in [2.24, 2.45) is 11.1 Å². The monoisotopic (exact) mass is 823 g/mol. The summed E-state index contributed by atoms with van der Waals surface area (Å²) in [5.41, 5.74) is 9.94. The summed E-state index contributed by atoms with van der Waals surface area (Å²) in [6.07, 6.45) is 1.36. The van der Waals surface area contributed by atoms with E-state index in [0.717, 1.165) is 38.8 Å². The molecule has 12 nitrogen and oxygen atoms in total. The highest BCUT2D eigenvalue weighted by atomic mass is 35.5. The van der Waals surface area contributed by atoms with E-state index in [0.29, 0.717) is 34.0 Å². The van der Waals surface area contributed by atoms with Crippen LogP contribution in [0.3, 0.4) is 0 Å². The van der Waals surface area contributed by atoms with Crippen molar-refractivity contribution in [1.29, 1.82) is 0 Å². The van der Waals surface area contributed by atoms with E-state index in [2.05, 4.69) is 20.4 Å². The Morgan fingerprint density at radius 2 is 1.20 bits per heavy atom. The third-order valence-corrected chi connectivity index (χ3v) is 14.2. The molecule has 0 aliphatic carbocycles. The Bertz CT molecular complexity index is 2660. The summed E-state index contributed by atoms with van der Waals surface area (Å²) in [6.45, 7) is 3.65. The van der Waals surface area contributed by atoms with E-state index >= 15 is 0 Å². The lowest BCUT2D eigenvalue weighted by Crippen LogP contribution is -2.36. The summed E-state index contributed by atoms with van der Waals surface area (Å²) < 4.78 is 45.1. The Morgan fingerprint density at radius 3 is 1.62 bits per heavy atom. The van der Waals surface area contributed by atoms with E-state index in [1.54, 1.807) is 43.3 Å². The Hall–Kier alpha value is -4.60. The van der Waals surface area contributed by atoms with E-state index in [1.165, 1.54) is 0 Å². The molecule has 16 heteroatoms. The molecule has 288 valence electrons. The SMILES string of the molecule is CC1(CC(=O)c2ccc3c(-c4ccccc4Cl)n[nH]c3c2)CCS(=O)(=O)C1.CC1(N)CCS(=O)(=O)C1.O=C(O)c1ccc2c(-c3ccccc3Cl)n[nH]c2c1. The fourth-order valence-electron chi connectivity index (χ4n) is 6.80. The van der Waals surface area contributed by atoms with Crippen LogP contribution in [-0.2, 0) is 19.7 Å². The third-order valence-electron chi connectivity index (χ3n) is 9.66. The summed E-state index contributed by atoms with van der Waals surface area (Å²) in [7, 11) is -5.81. The van der Waals surface area contributed by atoms with Gasteiger partial charge < -0.3 is 10.8 Å². The molecule has 0 amide bonds. The number of carbonyl (C=O) groups excluding carboxylic acids is 1. The van der Waals surface area contributed by atoms with Gasteiger partial charge >= 0.3 is 5.97 Å². The molecule has 0 radical (unpaired) electrons. The van der Waals surface area contributed by atoms with Crippen molar-refractivity contribution in [3.8, 4) is 22.5 Å². The van der Waals surface area contributed by atoms with Crippen LogP contribution in [0.2, 0.25) is 10.0 Å². The van der Waals surface area contributed by atoms with E-state index in [4.69, 9.17) is 34.0 Å². The normalized spacial score (nSPS) is 21.0. The molecular formula is C39H39Cl2N5O7S2. The minimum absolute atomic E-state index is 0.0506. The zero-order chi connectivity index (χ0) is 39.8. The molecule has 4 heterocycles. The summed E-state index contributed by atoms with van der Waals surface area (Å²) in [5.74, 6) is -0.354. The highest BCUT2D eigenvalue weighted by molar-refractivity contribution is 7.92. The molecule has 55 heavy (non-hydrogen) atoms. The lowest BCUT2D eigenvalue weighted by Gasteiger charge is -2.20. The summed E-state index contributed by atoms with van der Waals surface area (Å²) in [5, 5.41) is 26.3. The number of ketones is 1. The lowest BCUT2D eigenvalue weighted by molar-refractivity contribution is 0.0696. The first-order valence-electron chi connectivity index (χ1n) is 17.3. The number of halogens is 2. The number of aromatic carboxylic acids is 1. The van der Waals surface area contributed by atoms with Crippen molar-refractivity contribution in [3.63, 3.8) is 0 Å². The van der Waals surface area contributed by atoms with Crippen molar-refractivity contribution in [2.45, 2.75) is 38.6 Å². The number of sulfone groups is 2. The molecule has 5 N–H and O–H groups in total. The molecule has 2 aromatic heterocycles. The molecule has 0 spiro atoms. The maximum absolute atomic E-state index is 12.7. The molecule has 0 bridgehead atoms. The highest BCUT2D eigenvalue weighted by Crippen LogP contribution is 2.37. The number of Topliss-reactive ketones (excluding diaryl/α,β-unsaturated/α-hetero) is 1. The first kappa shape index (κ1) is 40.1. The predicted octanol–water partition coefficient (Wildman–Crippen LogP) is 7.38. The number of hydrogen-bond donors (Lipinski definition) is 4. The third kappa shape index (κ3) is 9.45. The van der Waals surface area contributed by atoms with Gasteiger partial charge in [0.05, 0.1) is 49.7 Å². The zero-order valence-corrected chi connectivity index (χ0v) is 33.1. The zero-order valence-electron chi connectivity index (χ0n) is 30.0. The van der Waals surface area contributed by atoms with Crippen LogP contribution < -0.4 is 5.73 Å². The Kier molecular flexibility index (Phi) is 11.3. The van der Waals surface area contributed by atoms with Crippen molar-refractivity contribution in [2.75, 3.05) is 23.0 Å². The minimum atomic E-state index is -3.03. The molecule has 2 saturated heterocycles. The van der Waals surface area contributed by atoms with Crippen molar-refractivity contribution in [3.05, 3.63) is 106 Å². The predicted molar refractivity (Wildman–Crippen MR) is 216 cm³/mol. The number of carboxylic acids is 1. The number of aromatic amines is 2. The fourth-order valence-corrected chi connectivity index (χ4v) is 11.6. The molecule has 2 atom stereocenters. The average molecular weight is 825 g/mol. The molecule has 0 saturated carbocycles. The molecule has 4 aromatic carbocycles. The average Bonchev–Trinajstić information content (AvgIpc) is 3.87. The van der Waals surface area contributed by atoms with Gasteiger partial charge in [-0.3, -0.25) is 15.0 Å². The van der Waals surface area contributed by atoms with Gasteiger partial charge in [0.15, 0.2) is 25.5 Å². The van der Waals surface area contributed by atoms with Crippen LogP contribution in [0, 0.1) is 5.41 Å². The second-order valence-corrected chi connectivity index (χ2v) is 19.9. The number of nitrogens with one attached hydrogen (secondary N) is 2. The van der Waals surface area contributed by atoms with Gasteiger partial charge in [-0.25, -0.2) is 21.6 Å². The van der Waals surface area contributed by atoms with Crippen LogP contribution in [0.15, 0.2) is 84.9 Å². The van der Waals surface area contributed by atoms with Crippen LogP contribution in [-0.4, -0.2) is 82.6 Å². The summed E-state index contributed by atoms with van der Waals surface area (Å²) >= 11 is 12.4. The second-order valence-electron chi connectivity index (χ2n) is 14.7. The van der Waals surface area contributed by atoms with Gasteiger partial charge in [-0.1, -0.05) is 72.6 Å². The quantitative estimate of drug-likeness (QED) is 0.123. The number of nitrogens with zero attached hydrogens (tertiary/aromatic N) is 2. The van der Waals surface area contributed by atoms with Crippen LogP contribution >= 0.6 is 23.2 Å². The van der Waals surface area contributed by atoms with Crippen LogP contribution in [0.5, 0.6) is 0 Å². The van der Waals surface area contributed by atoms with E-state index in [-0.39, 0.29) is 40.8 Å². The first-order valence-corrected chi connectivity index (χ1v) is 21.7. The highest BCUT2D eigenvalue weighted by Gasteiger charge is 2.40. The first-order chi connectivity index (χ1) is 25.8. The molecule has 2 unspecified atom stereocenters. The maximum Gasteiger partial charge on any atom is 0.335 e.